The Kier molecular flexibility index (Phi) is 5.77. The fourth-order valence-corrected chi connectivity index (χ4v) is 3.14. The zero-order valence-corrected chi connectivity index (χ0v) is 17.0. The van der Waals surface area contributed by atoms with Crippen LogP contribution < -0.4 is 15.0 Å². The van der Waals surface area contributed by atoms with Crippen LogP contribution in [0.1, 0.15) is 35.0 Å². The van der Waals surface area contributed by atoms with Crippen LogP contribution in [0, 0.1) is 6.92 Å². The molecular formula is C20H26N6O2. The highest BCUT2D eigenvalue weighted by atomic mass is 16.5. The molecule has 0 aromatic carbocycles. The predicted molar refractivity (Wildman–Crippen MR) is 109 cm³/mol. The summed E-state index contributed by atoms with van der Waals surface area (Å²) in [7, 11) is 5.51. The van der Waals surface area contributed by atoms with Crippen molar-refractivity contribution in [3.05, 3.63) is 41.6 Å². The topological polar surface area (TPSA) is 85.2 Å². The van der Waals surface area contributed by atoms with Crippen molar-refractivity contribution in [2.24, 2.45) is 0 Å². The lowest BCUT2D eigenvalue weighted by molar-refractivity contribution is 0.0955. The van der Waals surface area contributed by atoms with E-state index in [1.54, 1.807) is 19.6 Å². The fourth-order valence-electron chi connectivity index (χ4n) is 3.14. The summed E-state index contributed by atoms with van der Waals surface area (Å²) >= 11 is 0. The lowest BCUT2D eigenvalue weighted by Gasteiger charge is -2.16. The van der Waals surface area contributed by atoms with Gasteiger partial charge in [0.1, 0.15) is 23.4 Å². The van der Waals surface area contributed by atoms with E-state index in [0.717, 1.165) is 29.0 Å². The molecule has 0 bridgehead atoms. The summed E-state index contributed by atoms with van der Waals surface area (Å²) < 4.78 is 7.31. The lowest BCUT2D eigenvalue weighted by Crippen LogP contribution is -2.23. The molecule has 3 rings (SSSR count). The highest BCUT2D eigenvalue weighted by Gasteiger charge is 2.18. The molecule has 0 fully saturated rings. The molecule has 1 amide bonds. The van der Waals surface area contributed by atoms with E-state index >= 15 is 0 Å². The number of ether oxygens (including phenoxy) is 1. The van der Waals surface area contributed by atoms with Gasteiger partial charge in [0.05, 0.1) is 36.6 Å². The van der Waals surface area contributed by atoms with Crippen molar-refractivity contribution in [3.63, 3.8) is 0 Å². The molecule has 3 aromatic heterocycles. The van der Waals surface area contributed by atoms with E-state index in [2.05, 4.69) is 20.3 Å². The van der Waals surface area contributed by atoms with Crippen LogP contribution in [0.25, 0.3) is 11.0 Å². The molecule has 148 valence electrons. The number of anilines is 1. The van der Waals surface area contributed by atoms with E-state index in [9.17, 15) is 4.79 Å². The molecular weight excluding hydrogens is 356 g/mol. The van der Waals surface area contributed by atoms with Crippen LogP contribution in [0.4, 0.5) is 5.82 Å². The SMILES string of the molecule is CCCNC(=O)c1cn(Cc2ncnc(N(C)C)c2C)c2cc(OC)cnc12. The van der Waals surface area contributed by atoms with Crippen LogP contribution in [0.15, 0.2) is 24.8 Å². The average Bonchev–Trinajstić information content (AvgIpc) is 3.05. The monoisotopic (exact) mass is 382 g/mol. The van der Waals surface area contributed by atoms with Gasteiger partial charge in [-0.05, 0) is 13.3 Å². The molecule has 0 saturated carbocycles. The van der Waals surface area contributed by atoms with Gasteiger partial charge in [0.2, 0.25) is 0 Å². The minimum atomic E-state index is -0.128. The van der Waals surface area contributed by atoms with E-state index in [0.29, 0.717) is 29.9 Å². The standard InChI is InChI=1S/C20H26N6O2/c1-6-7-21-20(27)15-10-26(17-8-14(28-5)9-22-18(15)17)11-16-13(2)19(25(3)4)24-12-23-16/h8-10,12H,6-7,11H2,1-5H3,(H,21,27). The fraction of sp³-hybridized carbons (Fsp3) is 0.400. The van der Waals surface area contributed by atoms with Gasteiger partial charge < -0.3 is 19.5 Å². The van der Waals surface area contributed by atoms with Crippen LogP contribution in [0.5, 0.6) is 5.75 Å². The zero-order valence-electron chi connectivity index (χ0n) is 17.0. The van der Waals surface area contributed by atoms with Gasteiger partial charge >= 0.3 is 0 Å². The third-order valence-electron chi connectivity index (χ3n) is 4.61. The predicted octanol–water partition coefficient (Wildman–Crippen LogP) is 2.40. The molecule has 0 aliphatic rings. The molecule has 3 heterocycles. The van der Waals surface area contributed by atoms with Crippen molar-refractivity contribution in [1.82, 2.24) is 24.8 Å². The van der Waals surface area contributed by atoms with Gasteiger partial charge in [-0.3, -0.25) is 4.79 Å². The molecule has 0 aliphatic carbocycles. The highest BCUT2D eigenvalue weighted by molar-refractivity contribution is 6.05. The van der Waals surface area contributed by atoms with E-state index in [1.165, 1.54) is 0 Å². The maximum Gasteiger partial charge on any atom is 0.255 e. The van der Waals surface area contributed by atoms with Crippen molar-refractivity contribution in [2.75, 3.05) is 32.6 Å². The summed E-state index contributed by atoms with van der Waals surface area (Å²) in [5.41, 5.74) is 3.91. The summed E-state index contributed by atoms with van der Waals surface area (Å²) in [5.74, 6) is 1.38. The zero-order chi connectivity index (χ0) is 20.3. The number of nitrogens with zero attached hydrogens (tertiary/aromatic N) is 5. The maximum absolute atomic E-state index is 12.6. The van der Waals surface area contributed by atoms with E-state index < -0.39 is 0 Å². The van der Waals surface area contributed by atoms with Gasteiger partial charge in [-0.25, -0.2) is 15.0 Å². The van der Waals surface area contributed by atoms with Crippen LogP contribution in [-0.2, 0) is 6.54 Å². The number of methoxy groups -OCH3 is 1. The Morgan fingerprint density at radius 2 is 2.07 bits per heavy atom. The van der Waals surface area contributed by atoms with E-state index in [4.69, 9.17) is 4.74 Å². The Morgan fingerprint density at radius 1 is 1.29 bits per heavy atom. The highest BCUT2D eigenvalue weighted by Crippen LogP contribution is 2.25. The van der Waals surface area contributed by atoms with Crippen LogP contribution >= 0.6 is 0 Å². The second kappa shape index (κ2) is 8.24. The summed E-state index contributed by atoms with van der Waals surface area (Å²) in [6.45, 7) is 5.15. The number of rotatable bonds is 7. The normalized spacial score (nSPS) is 10.9. The van der Waals surface area contributed by atoms with Crippen LogP contribution in [0.3, 0.4) is 0 Å². The second-order valence-corrected chi connectivity index (χ2v) is 6.83. The van der Waals surface area contributed by atoms with Crippen LogP contribution in [-0.4, -0.2) is 53.2 Å². The largest absolute Gasteiger partial charge is 0.495 e. The summed E-state index contributed by atoms with van der Waals surface area (Å²) in [5, 5.41) is 2.93. The first kappa shape index (κ1) is 19.6. The number of hydrogen-bond donors (Lipinski definition) is 1. The van der Waals surface area contributed by atoms with Crippen LogP contribution in [0.2, 0.25) is 0 Å². The number of fused-ring (bicyclic) bond motifs is 1. The number of carbonyl (C=O) groups is 1. The van der Waals surface area contributed by atoms with Gasteiger partial charge in [-0.15, -0.1) is 0 Å². The Balaban J connectivity index is 2.08. The molecule has 28 heavy (non-hydrogen) atoms. The molecule has 8 nitrogen and oxygen atoms in total. The molecule has 0 saturated heterocycles. The average molecular weight is 382 g/mol. The Morgan fingerprint density at radius 3 is 2.75 bits per heavy atom. The first-order valence-electron chi connectivity index (χ1n) is 9.25. The van der Waals surface area contributed by atoms with Crippen molar-refractivity contribution < 1.29 is 9.53 Å². The Labute approximate surface area is 164 Å². The van der Waals surface area contributed by atoms with Crippen molar-refractivity contribution in [3.8, 4) is 5.75 Å². The molecule has 0 spiro atoms. The van der Waals surface area contributed by atoms with Crippen molar-refractivity contribution >= 4 is 22.8 Å². The number of carbonyl (C=O) groups excluding carboxylic acids is 1. The minimum absolute atomic E-state index is 0.128. The lowest BCUT2D eigenvalue weighted by atomic mass is 10.2. The molecule has 0 atom stereocenters. The van der Waals surface area contributed by atoms with E-state index in [-0.39, 0.29) is 5.91 Å². The first-order chi connectivity index (χ1) is 13.5. The molecule has 0 unspecified atom stereocenters. The van der Waals surface area contributed by atoms with Gasteiger partial charge in [0.25, 0.3) is 5.91 Å². The summed E-state index contributed by atoms with van der Waals surface area (Å²) in [6, 6.07) is 1.89. The number of aromatic nitrogens is 4. The molecule has 0 radical (unpaired) electrons. The molecule has 8 heteroatoms. The van der Waals surface area contributed by atoms with E-state index in [1.807, 2.05) is 49.7 Å². The van der Waals surface area contributed by atoms with Crippen molar-refractivity contribution in [2.45, 2.75) is 26.8 Å². The number of nitrogens with one attached hydrogen (secondary N) is 1. The smallest absolute Gasteiger partial charge is 0.255 e. The Hall–Kier alpha value is -3.16. The summed E-state index contributed by atoms with van der Waals surface area (Å²) in [4.78, 5) is 27.8. The van der Waals surface area contributed by atoms with Gasteiger partial charge in [-0.1, -0.05) is 6.92 Å². The molecule has 0 aliphatic heterocycles. The maximum atomic E-state index is 12.6. The van der Waals surface area contributed by atoms with Gasteiger partial charge in [0, 0.05) is 38.5 Å². The number of hydrogen-bond acceptors (Lipinski definition) is 6. The quantitative estimate of drug-likeness (QED) is 0.675. The van der Waals surface area contributed by atoms with Gasteiger partial charge in [0.15, 0.2) is 0 Å². The summed E-state index contributed by atoms with van der Waals surface area (Å²) in [6.07, 6.45) is 5.90. The van der Waals surface area contributed by atoms with Crippen molar-refractivity contribution in [1.29, 1.82) is 0 Å². The number of amides is 1. The van der Waals surface area contributed by atoms with Gasteiger partial charge in [-0.2, -0.15) is 0 Å². The third-order valence-corrected chi connectivity index (χ3v) is 4.61. The molecule has 1 N–H and O–H groups in total. The third kappa shape index (κ3) is 3.76. The minimum Gasteiger partial charge on any atom is -0.495 e. The molecule has 3 aromatic rings. The Bertz CT molecular complexity index is 996. The number of pyridine rings is 1. The first-order valence-corrected chi connectivity index (χ1v) is 9.25. The second-order valence-electron chi connectivity index (χ2n) is 6.83.